The highest BCUT2D eigenvalue weighted by Gasteiger charge is 2.23. The van der Waals surface area contributed by atoms with Gasteiger partial charge in [0.1, 0.15) is 0 Å². The van der Waals surface area contributed by atoms with Crippen molar-refractivity contribution in [2.75, 3.05) is 6.54 Å². The van der Waals surface area contributed by atoms with E-state index in [1.54, 1.807) is 11.6 Å². The number of rotatable bonds is 5. The Morgan fingerprint density at radius 3 is 2.74 bits per heavy atom. The predicted molar refractivity (Wildman–Crippen MR) is 76.5 cm³/mol. The number of aromatic nitrogens is 2. The molecule has 0 aliphatic heterocycles. The van der Waals surface area contributed by atoms with Gasteiger partial charge in [0.15, 0.2) is 9.84 Å². The summed E-state index contributed by atoms with van der Waals surface area (Å²) < 4.78 is 26.2. The van der Waals surface area contributed by atoms with Crippen LogP contribution in [0.5, 0.6) is 0 Å². The Balaban J connectivity index is 2.37. The van der Waals surface area contributed by atoms with Gasteiger partial charge in [-0.2, -0.15) is 5.10 Å². The maximum Gasteiger partial charge on any atom is 0.158 e. The summed E-state index contributed by atoms with van der Waals surface area (Å²) in [5, 5.41) is 4.79. The molecular weight excluding hydrogens is 262 g/mol. The fourth-order valence-electron chi connectivity index (χ4n) is 2.14. The molecule has 2 aromatic rings. The van der Waals surface area contributed by atoms with Gasteiger partial charge >= 0.3 is 0 Å². The van der Waals surface area contributed by atoms with E-state index in [0.717, 1.165) is 10.9 Å². The maximum atomic E-state index is 12.2. The molecule has 2 N–H and O–H groups in total. The summed E-state index contributed by atoms with van der Waals surface area (Å²) in [5.41, 5.74) is 6.99. The Morgan fingerprint density at radius 2 is 2.05 bits per heavy atom. The quantitative estimate of drug-likeness (QED) is 0.894. The van der Waals surface area contributed by atoms with Gasteiger partial charge in [-0.25, -0.2) is 8.42 Å². The smallest absolute Gasteiger partial charge is 0.158 e. The minimum Gasteiger partial charge on any atom is -0.330 e. The largest absolute Gasteiger partial charge is 0.330 e. The number of para-hydroxylation sites is 1. The van der Waals surface area contributed by atoms with Crippen LogP contribution < -0.4 is 5.73 Å². The van der Waals surface area contributed by atoms with Crippen molar-refractivity contribution < 1.29 is 8.42 Å². The maximum absolute atomic E-state index is 12.2. The Bertz CT molecular complexity index is 676. The van der Waals surface area contributed by atoms with Crippen molar-refractivity contribution in [1.82, 2.24) is 9.78 Å². The topological polar surface area (TPSA) is 78.0 Å². The second-order valence-corrected chi connectivity index (χ2v) is 7.20. The molecule has 2 rings (SSSR count). The summed E-state index contributed by atoms with van der Waals surface area (Å²) in [6, 6.07) is 7.64. The third-order valence-corrected chi connectivity index (χ3v) is 5.50. The Hall–Kier alpha value is -1.40. The number of hydrogen-bond donors (Lipinski definition) is 1. The lowest BCUT2D eigenvalue weighted by Crippen LogP contribution is -2.23. The number of nitrogens with two attached hydrogens (primary N) is 1. The van der Waals surface area contributed by atoms with E-state index in [9.17, 15) is 8.42 Å². The van der Waals surface area contributed by atoms with Crippen molar-refractivity contribution in [3.05, 3.63) is 30.0 Å². The molecular formula is C13H19N3O2S. The number of benzene rings is 1. The molecule has 0 radical (unpaired) electrons. The molecule has 1 atom stereocenters. The van der Waals surface area contributed by atoms with Crippen molar-refractivity contribution >= 4 is 20.7 Å². The van der Waals surface area contributed by atoms with E-state index in [1.807, 2.05) is 31.3 Å². The molecule has 0 spiro atoms. The molecule has 0 aliphatic rings. The second kappa shape index (κ2) is 5.30. The molecule has 1 heterocycles. The lowest BCUT2D eigenvalue weighted by atomic mass is 10.2. The average Bonchev–Trinajstić information content (AvgIpc) is 2.67. The highest BCUT2D eigenvalue weighted by Crippen LogP contribution is 2.21. The van der Waals surface area contributed by atoms with Crippen LogP contribution in [0, 0.1) is 0 Å². The summed E-state index contributed by atoms with van der Waals surface area (Å²) in [4.78, 5) is 0. The molecule has 0 saturated carbocycles. The van der Waals surface area contributed by atoms with Crippen LogP contribution in [0.2, 0.25) is 0 Å². The fraction of sp³-hybridized carbons (Fsp3) is 0.462. The van der Waals surface area contributed by atoms with Crippen LogP contribution in [0.3, 0.4) is 0 Å². The molecule has 1 unspecified atom stereocenters. The van der Waals surface area contributed by atoms with Crippen LogP contribution in [0.15, 0.2) is 24.3 Å². The molecule has 1 aromatic carbocycles. The molecule has 19 heavy (non-hydrogen) atoms. The minimum atomic E-state index is -3.21. The lowest BCUT2D eigenvalue weighted by molar-refractivity contribution is 0.576. The first kappa shape index (κ1) is 14.0. The van der Waals surface area contributed by atoms with Crippen LogP contribution in [-0.2, 0) is 22.6 Å². The van der Waals surface area contributed by atoms with Crippen LogP contribution >= 0.6 is 0 Å². The van der Waals surface area contributed by atoms with Gasteiger partial charge in [-0.05, 0) is 26.0 Å². The minimum absolute atomic E-state index is 0.0322. The lowest BCUT2D eigenvalue weighted by Gasteiger charge is -2.10. The number of nitrogens with zero attached hydrogens (tertiary/aromatic N) is 2. The molecule has 1 aromatic heterocycles. The number of fused-ring (bicyclic) bond motifs is 1. The Labute approximate surface area is 113 Å². The van der Waals surface area contributed by atoms with Gasteiger partial charge in [-0.1, -0.05) is 18.2 Å². The summed E-state index contributed by atoms with van der Waals surface area (Å²) in [6.45, 7) is 2.08. The first-order valence-electron chi connectivity index (χ1n) is 6.28. The molecule has 0 saturated heterocycles. The van der Waals surface area contributed by atoms with E-state index in [1.165, 1.54) is 0 Å². The van der Waals surface area contributed by atoms with Crippen molar-refractivity contribution in [2.45, 2.75) is 24.3 Å². The molecule has 104 valence electrons. The van der Waals surface area contributed by atoms with Crippen molar-refractivity contribution in [2.24, 2.45) is 12.8 Å². The van der Waals surface area contributed by atoms with E-state index in [2.05, 4.69) is 5.10 Å². The predicted octanol–water partition coefficient (Wildman–Crippen LogP) is 1.23. The van der Waals surface area contributed by atoms with Crippen molar-refractivity contribution in [1.29, 1.82) is 0 Å². The molecule has 0 bridgehead atoms. The summed E-state index contributed by atoms with van der Waals surface area (Å²) >= 11 is 0. The first-order valence-corrected chi connectivity index (χ1v) is 7.99. The fourth-order valence-corrected chi connectivity index (χ4v) is 3.52. The van der Waals surface area contributed by atoms with Crippen LogP contribution in [0.4, 0.5) is 0 Å². The van der Waals surface area contributed by atoms with Gasteiger partial charge in [0, 0.05) is 12.4 Å². The molecule has 5 nitrogen and oxygen atoms in total. The molecule has 0 aliphatic carbocycles. The van der Waals surface area contributed by atoms with Gasteiger partial charge in [-0.3, -0.25) is 4.68 Å². The van der Waals surface area contributed by atoms with Gasteiger partial charge in [-0.15, -0.1) is 0 Å². The molecule has 0 amide bonds. The summed E-state index contributed by atoms with van der Waals surface area (Å²) in [7, 11) is -1.39. The van der Waals surface area contributed by atoms with Crippen LogP contribution in [0.25, 0.3) is 10.9 Å². The van der Waals surface area contributed by atoms with Gasteiger partial charge < -0.3 is 5.73 Å². The van der Waals surface area contributed by atoms with Gasteiger partial charge in [0.2, 0.25) is 0 Å². The van der Waals surface area contributed by atoms with E-state index in [0.29, 0.717) is 18.7 Å². The zero-order valence-electron chi connectivity index (χ0n) is 11.2. The van der Waals surface area contributed by atoms with Crippen molar-refractivity contribution in [3.8, 4) is 0 Å². The second-order valence-electron chi connectivity index (χ2n) is 4.78. The normalized spacial score (nSPS) is 13.8. The first-order chi connectivity index (χ1) is 8.95. The number of hydrogen-bond acceptors (Lipinski definition) is 4. The zero-order valence-corrected chi connectivity index (χ0v) is 12.0. The summed E-state index contributed by atoms with van der Waals surface area (Å²) in [6.07, 6.45) is 0.479. The number of sulfone groups is 1. The highest BCUT2D eigenvalue weighted by molar-refractivity contribution is 7.91. The monoisotopic (exact) mass is 281 g/mol. The van der Waals surface area contributed by atoms with Crippen LogP contribution in [-0.4, -0.2) is 30.0 Å². The van der Waals surface area contributed by atoms with Gasteiger partial charge in [0.25, 0.3) is 0 Å². The third kappa shape index (κ3) is 2.79. The van der Waals surface area contributed by atoms with Crippen LogP contribution in [0.1, 0.15) is 19.0 Å². The van der Waals surface area contributed by atoms with E-state index < -0.39 is 15.1 Å². The Kier molecular flexibility index (Phi) is 3.91. The summed E-state index contributed by atoms with van der Waals surface area (Å²) in [5.74, 6) is -0.0322. The molecule has 0 fully saturated rings. The zero-order chi connectivity index (χ0) is 14.0. The SMILES string of the molecule is CC(CCN)S(=O)(=O)Cc1nn(C)c2ccccc12. The van der Waals surface area contributed by atoms with Gasteiger partial charge in [0.05, 0.1) is 22.2 Å². The van der Waals surface area contributed by atoms with E-state index >= 15 is 0 Å². The van der Waals surface area contributed by atoms with E-state index in [4.69, 9.17) is 5.73 Å². The standard InChI is InChI=1S/C13H19N3O2S/c1-10(7-8-14)19(17,18)9-12-11-5-3-4-6-13(11)16(2)15-12/h3-6,10H,7-9,14H2,1-2H3. The highest BCUT2D eigenvalue weighted by atomic mass is 32.2. The van der Waals surface area contributed by atoms with E-state index in [-0.39, 0.29) is 5.75 Å². The third-order valence-electron chi connectivity index (χ3n) is 3.36. The number of aryl methyl sites for hydroxylation is 1. The van der Waals surface area contributed by atoms with Crippen molar-refractivity contribution in [3.63, 3.8) is 0 Å². The Morgan fingerprint density at radius 1 is 1.37 bits per heavy atom. The average molecular weight is 281 g/mol. The molecule has 6 heteroatoms.